The molecule has 0 saturated carbocycles. The average Bonchev–Trinajstić information content (AvgIpc) is 2.52. The first-order chi connectivity index (χ1) is 9.90. The van der Waals surface area contributed by atoms with Crippen molar-refractivity contribution in [3.05, 3.63) is 71.8 Å². The van der Waals surface area contributed by atoms with Crippen molar-refractivity contribution in [2.45, 2.75) is 12.5 Å². The van der Waals surface area contributed by atoms with Gasteiger partial charge in [0.1, 0.15) is 0 Å². The first-order valence-electron chi connectivity index (χ1n) is 6.71. The van der Waals surface area contributed by atoms with Crippen molar-refractivity contribution in [3.8, 4) is 11.8 Å². The fourth-order valence-electron chi connectivity index (χ4n) is 1.90. The Morgan fingerprint density at radius 2 is 1.60 bits per heavy atom. The largest absolute Gasteiger partial charge is 0.394 e. The number of hydrogen-bond donors (Lipinski definition) is 1. The monoisotopic (exact) mass is 266 g/mol. The normalized spacial score (nSPS) is 11.4. The molecule has 0 heterocycles. The summed E-state index contributed by atoms with van der Waals surface area (Å²) < 4.78 is 5.66. The van der Waals surface area contributed by atoms with Crippen LogP contribution in [0.5, 0.6) is 0 Å². The molecule has 0 fully saturated rings. The van der Waals surface area contributed by atoms with Gasteiger partial charge < -0.3 is 9.84 Å². The average molecular weight is 266 g/mol. The smallest absolute Gasteiger partial charge is 0.0935 e. The lowest BCUT2D eigenvalue weighted by molar-refractivity contribution is 0.0307. The number of rotatable bonds is 5. The first-order valence-corrected chi connectivity index (χ1v) is 6.71. The second-order valence-corrected chi connectivity index (χ2v) is 4.37. The van der Waals surface area contributed by atoms with Crippen LogP contribution in [0, 0.1) is 11.8 Å². The number of benzene rings is 2. The van der Waals surface area contributed by atoms with E-state index >= 15 is 0 Å². The maximum atomic E-state index is 8.90. The van der Waals surface area contributed by atoms with Crippen LogP contribution in [0.1, 0.15) is 23.7 Å². The fraction of sp³-hybridized carbons (Fsp3) is 0.222. The van der Waals surface area contributed by atoms with Gasteiger partial charge in [-0.2, -0.15) is 0 Å². The first kappa shape index (κ1) is 14.3. The van der Waals surface area contributed by atoms with Crippen LogP contribution in [0.4, 0.5) is 0 Å². The van der Waals surface area contributed by atoms with Crippen LogP contribution in [-0.2, 0) is 4.74 Å². The molecule has 1 atom stereocenters. The molecule has 1 unspecified atom stereocenters. The molecule has 2 heteroatoms. The topological polar surface area (TPSA) is 29.5 Å². The Bertz CT molecular complexity index is 552. The summed E-state index contributed by atoms with van der Waals surface area (Å²) in [6, 6.07) is 19.9. The standard InChI is InChI=1S/C18H18O2/c19-14-15-20-18(17-11-5-2-6-12-17)13-7-10-16-8-3-1-4-9-16/h1-6,8-9,11-12,18-19H,13-15H2. The zero-order valence-corrected chi connectivity index (χ0v) is 11.3. The van der Waals surface area contributed by atoms with Gasteiger partial charge in [-0.05, 0) is 17.7 Å². The van der Waals surface area contributed by atoms with Gasteiger partial charge in [0, 0.05) is 12.0 Å². The molecular weight excluding hydrogens is 248 g/mol. The van der Waals surface area contributed by atoms with Gasteiger partial charge in [0.05, 0.1) is 19.3 Å². The third kappa shape index (κ3) is 4.55. The molecule has 0 aliphatic heterocycles. The van der Waals surface area contributed by atoms with Gasteiger partial charge in [0.25, 0.3) is 0 Å². The molecule has 2 aromatic rings. The molecule has 0 aliphatic rings. The Balaban J connectivity index is 2.03. The van der Waals surface area contributed by atoms with Crippen LogP contribution in [0.15, 0.2) is 60.7 Å². The second-order valence-electron chi connectivity index (χ2n) is 4.37. The van der Waals surface area contributed by atoms with E-state index in [0.29, 0.717) is 13.0 Å². The van der Waals surface area contributed by atoms with Gasteiger partial charge in [0.2, 0.25) is 0 Å². The van der Waals surface area contributed by atoms with Gasteiger partial charge >= 0.3 is 0 Å². The van der Waals surface area contributed by atoms with Crippen molar-refractivity contribution in [2.75, 3.05) is 13.2 Å². The minimum Gasteiger partial charge on any atom is -0.394 e. The van der Waals surface area contributed by atoms with Crippen molar-refractivity contribution in [1.82, 2.24) is 0 Å². The van der Waals surface area contributed by atoms with Gasteiger partial charge in [-0.25, -0.2) is 0 Å². The SMILES string of the molecule is OCCOC(CC#Cc1ccccc1)c1ccccc1. The Morgan fingerprint density at radius 1 is 0.950 bits per heavy atom. The Hall–Kier alpha value is -2.08. The minimum absolute atomic E-state index is 0.0233. The van der Waals surface area contributed by atoms with Gasteiger partial charge in [-0.15, -0.1) is 0 Å². The lowest BCUT2D eigenvalue weighted by Gasteiger charge is -2.15. The summed E-state index contributed by atoms with van der Waals surface area (Å²) in [6.45, 7) is 0.349. The van der Waals surface area contributed by atoms with E-state index in [2.05, 4.69) is 11.8 Å². The molecule has 0 aliphatic carbocycles. The molecule has 0 spiro atoms. The Morgan fingerprint density at radius 3 is 2.25 bits per heavy atom. The third-order valence-corrected chi connectivity index (χ3v) is 2.88. The molecule has 102 valence electrons. The van der Waals surface area contributed by atoms with E-state index in [0.717, 1.165) is 11.1 Å². The number of aliphatic hydroxyl groups excluding tert-OH is 1. The molecule has 0 radical (unpaired) electrons. The van der Waals surface area contributed by atoms with Crippen molar-refractivity contribution in [3.63, 3.8) is 0 Å². The van der Waals surface area contributed by atoms with Crippen molar-refractivity contribution in [2.24, 2.45) is 0 Å². The van der Waals surface area contributed by atoms with Gasteiger partial charge in [0.15, 0.2) is 0 Å². The van der Waals surface area contributed by atoms with E-state index in [1.807, 2.05) is 60.7 Å². The minimum atomic E-state index is -0.0976. The zero-order chi connectivity index (χ0) is 14.0. The lowest BCUT2D eigenvalue weighted by Crippen LogP contribution is -2.07. The van der Waals surface area contributed by atoms with Crippen LogP contribution in [0.2, 0.25) is 0 Å². The Kier molecular flexibility index (Phi) is 5.85. The number of ether oxygens (including phenoxy) is 1. The summed E-state index contributed by atoms with van der Waals surface area (Å²) in [5.74, 6) is 6.28. The van der Waals surface area contributed by atoms with Crippen molar-refractivity contribution >= 4 is 0 Å². The molecule has 0 amide bonds. The molecule has 0 bridgehead atoms. The molecule has 0 aromatic heterocycles. The summed E-state index contributed by atoms with van der Waals surface area (Å²) in [4.78, 5) is 0. The van der Waals surface area contributed by atoms with E-state index in [1.165, 1.54) is 0 Å². The summed E-state index contributed by atoms with van der Waals surface area (Å²) in [7, 11) is 0. The van der Waals surface area contributed by atoms with E-state index in [1.54, 1.807) is 0 Å². The van der Waals surface area contributed by atoms with Crippen LogP contribution in [0.3, 0.4) is 0 Å². The molecule has 0 saturated heterocycles. The van der Waals surface area contributed by atoms with Crippen LogP contribution in [-0.4, -0.2) is 18.3 Å². The van der Waals surface area contributed by atoms with E-state index < -0.39 is 0 Å². The van der Waals surface area contributed by atoms with E-state index in [4.69, 9.17) is 9.84 Å². The molecule has 2 rings (SSSR count). The fourth-order valence-corrected chi connectivity index (χ4v) is 1.90. The number of hydrogen-bond acceptors (Lipinski definition) is 2. The molecule has 2 nitrogen and oxygen atoms in total. The van der Waals surface area contributed by atoms with Gasteiger partial charge in [-0.3, -0.25) is 0 Å². The zero-order valence-electron chi connectivity index (χ0n) is 11.3. The summed E-state index contributed by atoms with van der Waals surface area (Å²) in [6.07, 6.45) is 0.512. The van der Waals surface area contributed by atoms with E-state index in [9.17, 15) is 0 Å². The molecule has 1 N–H and O–H groups in total. The van der Waals surface area contributed by atoms with E-state index in [-0.39, 0.29) is 12.7 Å². The highest BCUT2D eigenvalue weighted by molar-refractivity contribution is 5.34. The lowest BCUT2D eigenvalue weighted by atomic mass is 10.1. The summed E-state index contributed by atoms with van der Waals surface area (Å²) in [5, 5.41) is 8.90. The van der Waals surface area contributed by atoms with Gasteiger partial charge in [-0.1, -0.05) is 60.4 Å². The van der Waals surface area contributed by atoms with Crippen molar-refractivity contribution < 1.29 is 9.84 Å². The maximum Gasteiger partial charge on any atom is 0.0935 e. The quantitative estimate of drug-likeness (QED) is 0.842. The molecule has 20 heavy (non-hydrogen) atoms. The summed E-state index contributed by atoms with van der Waals surface area (Å²) >= 11 is 0. The van der Waals surface area contributed by atoms with Crippen LogP contribution in [0.25, 0.3) is 0 Å². The molecule has 2 aromatic carbocycles. The van der Waals surface area contributed by atoms with Crippen molar-refractivity contribution in [1.29, 1.82) is 0 Å². The predicted molar refractivity (Wildman–Crippen MR) is 80.2 cm³/mol. The van der Waals surface area contributed by atoms with Crippen LogP contribution < -0.4 is 0 Å². The summed E-state index contributed by atoms with van der Waals surface area (Å²) in [5.41, 5.74) is 2.09. The third-order valence-electron chi connectivity index (χ3n) is 2.88. The highest BCUT2D eigenvalue weighted by Gasteiger charge is 2.09. The maximum absolute atomic E-state index is 8.90. The predicted octanol–water partition coefficient (Wildman–Crippen LogP) is 3.18. The highest BCUT2D eigenvalue weighted by atomic mass is 16.5. The Labute approximate surface area is 120 Å². The molecular formula is C18H18O2. The number of aliphatic hydroxyl groups is 1. The highest BCUT2D eigenvalue weighted by Crippen LogP contribution is 2.20. The van der Waals surface area contributed by atoms with Crippen LogP contribution >= 0.6 is 0 Å². The second kappa shape index (κ2) is 8.16.